The van der Waals surface area contributed by atoms with Gasteiger partial charge in [-0.3, -0.25) is 0 Å². The van der Waals surface area contributed by atoms with Crippen molar-refractivity contribution in [1.29, 1.82) is 0 Å². The van der Waals surface area contributed by atoms with Gasteiger partial charge in [0.2, 0.25) is 0 Å². The second-order valence-corrected chi connectivity index (χ2v) is 10.3. The SMILES string of the molecule is CCC(C)(C)c1c(F)c(F)c(C(C)Cc2cccc3c4ccccc4c4ccccc4c23)c(F)c1F. The molecule has 0 nitrogen and oxygen atoms in total. The third-order valence-corrected chi connectivity index (χ3v) is 7.73. The third kappa shape index (κ3) is 3.66. The number of rotatable bonds is 5. The molecule has 0 N–H and O–H groups in total. The van der Waals surface area contributed by atoms with Crippen LogP contribution in [0.3, 0.4) is 0 Å². The first-order chi connectivity index (χ1) is 17.2. The highest BCUT2D eigenvalue weighted by Gasteiger charge is 2.35. The average Bonchev–Trinajstić information content (AvgIpc) is 2.88. The van der Waals surface area contributed by atoms with E-state index in [0.717, 1.165) is 37.9 Å². The molecule has 0 spiro atoms. The van der Waals surface area contributed by atoms with Crippen LogP contribution in [0.25, 0.3) is 32.3 Å². The summed E-state index contributed by atoms with van der Waals surface area (Å²) >= 11 is 0. The third-order valence-electron chi connectivity index (χ3n) is 7.73. The standard InChI is InChI=1S/C32H28F4/c1-5-32(3,4)27-30(35)28(33)25(29(34)31(27)36)18(2)17-19-11-10-16-24-22-13-7-6-12-20(22)21-14-8-9-15-23(21)26(19)24/h6-16,18H,5,17H2,1-4H3. The van der Waals surface area contributed by atoms with Crippen LogP contribution in [0, 0.1) is 23.3 Å². The van der Waals surface area contributed by atoms with Gasteiger partial charge in [0.05, 0.1) is 0 Å². The molecule has 4 heteroatoms. The van der Waals surface area contributed by atoms with Crippen molar-refractivity contribution in [3.05, 3.63) is 107 Å². The zero-order valence-electron chi connectivity index (χ0n) is 20.9. The Kier molecular flexibility index (Phi) is 6.02. The van der Waals surface area contributed by atoms with E-state index >= 15 is 17.6 Å². The van der Waals surface area contributed by atoms with Crippen molar-refractivity contribution >= 4 is 32.3 Å². The monoisotopic (exact) mass is 488 g/mol. The summed E-state index contributed by atoms with van der Waals surface area (Å²) in [7, 11) is 0. The van der Waals surface area contributed by atoms with E-state index < -0.39 is 45.7 Å². The Bertz CT molecular complexity index is 1560. The van der Waals surface area contributed by atoms with Crippen LogP contribution in [0.4, 0.5) is 17.6 Å². The number of hydrogen-bond acceptors (Lipinski definition) is 0. The molecule has 0 heterocycles. The van der Waals surface area contributed by atoms with Crippen LogP contribution in [0.5, 0.6) is 0 Å². The molecule has 0 fully saturated rings. The molecule has 1 atom stereocenters. The van der Waals surface area contributed by atoms with Gasteiger partial charge in [0.15, 0.2) is 23.3 Å². The minimum atomic E-state index is -1.30. The highest BCUT2D eigenvalue weighted by molar-refractivity contribution is 6.26. The van der Waals surface area contributed by atoms with E-state index in [1.54, 1.807) is 27.7 Å². The van der Waals surface area contributed by atoms with Crippen molar-refractivity contribution in [2.75, 3.05) is 0 Å². The lowest BCUT2D eigenvalue weighted by atomic mass is 9.79. The van der Waals surface area contributed by atoms with Crippen molar-refractivity contribution in [3.8, 4) is 0 Å². The molecule has 0 saturated heterocycles. The lowest BCUT2D eigenvalue weighted by Crippen LogP contribution is -2.23. The molecule has 5 rings (SSSR count). The molecule has 0 bridgehead atoms. The number of halogens is 4. The topological polar surface area (TPSA) is 0 Å². The fraction of sp³-hybridized carbons (Fsp3) is 0.250. The van der Waals surface area contributed by atoms with Gasteiger partial charge in [-0.05, 0) is 62.1 Å². The van der Waals surface area contributed by atoms with E-state index in [4.69, 9.17) is 0 Å². The Balaban J connectivity index is 1.71. The van der Waals surface area contributed by atoms with Gasteiger partial charge in [-0.25, -0.2) is 17.6 Å². The highest BCUT2D eigenvalue weighted by Crippen LogP contribution is 2.41. The predicted molar refractivity (Wildman–Crippen MR) is 141 cm³/mol. The van der Waals surface area contributed by atoms with Gasteiger partial charge in [-0.1, -0.05) is 94.4 Å². The van der Waals surface area contributed by atoms with Crippen molar-refractivity contribution in [1.82, 2.24) is 0 Å². The largest absolute Gasteiger partial charge is 0.203 e. The Morgan fingerprint density at radius 3 is 1.58 bits per heavy atom. The average molecular weight is 489 g/mol. The first kappa shape index (κ1) is 24.3. The Morgan fingerprint density at radius 1 is 0.639 bits per heavy atom. The van der Waals surface area contributed by atoms with Gasteiger partial charge in [0, 0.05) is 11.1 Å². The number of fused-ring (bicyclic) bond motifs is 6. The first-order valence-corrected chi connectivity index (χ1v) is 12.3. The Labute approximate surface area is 208 Å². The van der Waals surface area contributed by atoms with Crippen molar-refractivity contribution in [2.24, 2.45) is 0 Å². The van der Waals surface area contributed by atoms with Crippen LogP contribution in [0.2, 0.25) is 0 Å². The van der Waals surface area contributed by atoms with Gasteiger partial charge >= 0.3 is 0 Å². The van der Waals surface area contributed by atoms with E-state index in [1.165, 1.54) is 0 Å². The van der Waals surface area contributed by atoms with Gasteiger partial charge < -0.3 is 0 Å². The number of benzene rings is 5. The van der Waals surface area contributed by atoms with Crippen molar-refractivity contribution in [2.45, 2.75) is 51.9 Å². The summed E-state index contributed by atoms with van der Waals surface area (Å²) in [5, 5.41) is 6.35. The zero-order chi connectivity index (χ0) is 25.8. The molecule has 0 aliphatic rings. The van der Waals surface area contributed by atoms with Crippen LogP contribution < -0.4 is 0 Å². The van der Waals surface area contributed by atoms with Crippen LogP contribution in [0.1, 0.15) is 56.7 Å². The molecule has 5 aromatic rings. The fourth-order valence-electron chi connectivity index (χ4n) is 5.49. The summed E-state index contributed by atoms with van der Waals surface area (Å²) in [6.45, 7) is 6.52. The molecule has 0 aliphatic carbocycles. The van der Waals surface area contributed by atoms with E-state index in [2.05, 4.69) is 18.2 Å². The van der Waals surface area contributed by atoms with Crippen LogP contribution >= 0.6 is 0 Å². The summed E-state index contributed by atoms with van der Waals surface area (Å²) in [6.07, 6.45) is 0.564. The first-order valence-electron chi connectivity index (χ1n) is 12.3. The van der Waals surface area contributed by atoms with E-state index in [0.29, 0.717) is 6.42 Å². The maximum Gasteiger partial charge on any atom is 0.165 e. The van der Waals surface area contributed by atoms with Gasteiger partial charge in [-0.15, -0.1) is 0 Å². The van der Waals surface area contributed by atoms with Crippen LogP contribution in [0.15, 0.2) is 66.7 Å². The number of hydrogen-bond donors (Lipinski definition) is 0. The van der Waals surface area contributed by atoms with E-state index in [9.17, 15) is 0 Å². The molecule has 5 aromatic carbocycles. The van der Waals surface area contributed by atoms with Crippen LogP contribution in [-0.2, 0) is 11.8 Å². The molecule has 0 aromatic heterocycles. The van der Waals surface area contributed by atoms with Crippen molar-refractivity contribution < 1.29 is 17.6 Å². The second-order valence-electron chi connectivity index (χ2n) is 10.3. The van der Waals surface area contributed by atoms with E-state index in [1.807, 2.05) is 48.5 Å². The highest BCUT2D eigenvalue weighted by atomic mass is 19.2. The molecule has 0 aliphatic heterocycles. The van der Waals surface area contributed by atoms with Crippen molar-refractivity contribution in [3.63, 3.8) is 0 Å². The summed E-state index contributed by atoms with van der Waals surface area (Å²) in [4.78, 5) is 0. The maximum atomic E-state index is 15.3. The lowest BCUT2D eigenvalue weighted by Gasteiger charge is -2.27. The maximum absolute atomic E-state index is 15.3. The molecular weight excluding hydrogens is 460 g/mol. The molecular formula is C32H28F4. The molecule has 0 radical (unpaired) electrons. The lowest BCUT2D eigenvalue weighted by molar-refractivity contribution is 0.373. The van der Waals surface area contributed by atoms with E-state index in [-0.39, 0.29) is 6.42 Å². The smallest absolute Gasteiger partial charge is 0.165 e. The summed E-state index contributed by atoms with van der Waals surface area (Å²) in [5.41, 5.74) is -1.23. The normalized spacial score (nSPS) is 13.1. The molecule has 184 valence electrons. The quantitative estimate of drug-likeness (QED) is 0.131. The van der Waals surface area contributed by atoms with Gasteiger partial charge in [0.1, 0.15) is 0 Å². The Hall–Kier alpha value is -3.40. The fourth-order valence-corrected chi connectivity index (χ4v) is 5.49. The predicted octanol–water partition coefficient (Wildman–Crippen LogP) is 9.74. The molecule has 0 amide bonds. The van der Waals surface area contributed by atoms with Crippen LogP contribution in [-0.4, -0.2) is 0 Å². The minimum Gasteiger partial charge on any atom is -0.203 e. The van der Waals surface area contributed by atoms with Gasteiger partial charge in [0.25, 0.3) is 0 Å². The summed E-state index contributed by atoms with van der Waals surface area (Å²) < 4.78 is 60.9. The minimum absolute atomic E-state index is 0.225. The second kappa shape index (κ2) is 8.92. The van der Waals surface area contributed by atoms with Gasteiger partial charge in [-0.2, -0.15) is 0 Å². The molecule has 0 saturated carbocycles. The molecule has 1 unspecified atom stereocenters. The molecule has 36 heavy (non-hydrogen) atoms. The Morgan fingerprint density at radius 2 is 1.08 bits per heavy atom. The summed E-state index contributed by atoms with van der Waals surface area (Å²) in [5.74, 6) is -5.97. The zero-order valence-corrected chi connectivity index (χ0v) is 20.9. The summed E-state index contributed by atoms with van der Waals surface area (Å²) in [6, 6.07) is 22.1.